The summed E-state index contributed by atoms with van der Waals surface area (Å²) in [5.74, 6) is -0.296. The molecule has 0 saturated heterocycles. The van der Waals surface area contributed by atoms with Crippen molar-refractivity contribution < 1.29 is 28.7 Å². The molecule has 154 valence electrons. The molecule has 8 nitrogen and oxygen atoms in total. The minimum atomic E-state index is -1.10. The van der Waals surface area contributed by atoms with Gasteiger partial charge in [0.15, 0.2) is 11.9 Å². The molecule has 1 aromatic carbocycles. The molecule has 9 heteroatoms. The summed E-state index contributed by atoms with van der Waals surface area (Å²) >= 11 is 1.26. The number of carbonyl (C=O) groups is 4. The van der Waals surface area contributed by atoms with Crippen molar-refractivity contribution in [1.29, 1.82) is 0 Å². The monoisotopic (exact) mass is 410 g/mol. The molecule has 1 aromatic rings. The van der Waals surface area contributed by atoms with E-state index in [1.165, 1.54) is 32.7 Å². The van der Waals surface area contributed by atoms with E-state index in [1.54, 1.807) is 32.0 Å². The molecule has 0 aromatic heterocycles. The summed E-state index contributed by atoms with van der Waals surface area (Å²) in [6, 6.07) is 4.34. The Bertz CT molecular complexity index is 735. The molecule has 1 rings (SSSR count). The maximum Gasteiger partial charge on any atom is 0.321 e. The van der Waals surface area contributed by atoms with Crippen LogP contribution in [0.5, 0.6) is 5.75 Å². The lowest BCUT2D eigenvalue weighted by Crippen LogP contribution is -2.46. The molecule has 2 N–H and O–H groups in total. The molecule has 0 aliphatic rings. The van der Waals surface area contributed by atoms with Crippen LogP contribution in [0.25, 0.3) is 0 Å². The van der Waals surface area contributed by atoms with Crippen LogP contribution in [-0.2, 0) is 20.1 Å². The van der Waals surface area contributed by atoms with Gasteiger partial charge < -0.3 is 14.8 Å². The Labute approximate surface area is 168 Å². The van der Waals surface area contributed by atoms with E-state index in [-0.39, 0.29) is 17.6 Å². The molecule has 0 bridgehead atoms. The molecular weight excluding hydrogens is 384 g/mol. The quantitative estimate of drug-likeness (QED) is 0.475. The number of hydrogen-bond donors (Lipinski definition) is 2. The number of imide groups is 1. The van der Waals surface area contributed by atoms with Gasteiger partial charge >= 0.3 is 12.0 Å². The lowest BCUT2D eigenvalue weighted by molar-refractivity contribution is -0.151. The second-order valence-electron chi connectivity index (χ2n) is 6.33. The highest BCUT2D eigenvalue weighted by Crippen LogP contribution is 2.25. The average molecular weight is 410 g/mol. The molecule has 28 heavy (non-hydrogen) atoms. The van der Waals surface area contributed by atoms with Gasteiger partial charge in [0.1, 0.15) is 5.75 Å². The zero-order valence-corrected chi connectivity index (χ0v) is 17.5. The number of esters is 1. The van der Waals surface area contributed by atoms with Crippen molar-refractivity contribution in [3.8, 4) is 5.75 Å². The highest BCUT2D eigenvalue weighted by atomic mass is 32.2. The van der Waals surface area contributed by atoms with E-state index in [0.717, 1.165) is 5.56 Å². The van der Waals surface area contributed by atoms with Crippen molar-refractivity contribution >= 4 is 35.5 Å². The zero-order chi connectivity index (χ0) is 21.3. The van der Waals surface area contributed by atoms with Gasteiger partial charge in [-0.05, 0) is 45.9 Å². The SMILES string of the molecule is COc1ccc(C(C)=O)cc1CSCC(=O)O[C@@H](C)C(=O)NC(=O)NC(C)C. The standard InChI is InChI=1S/C19H26N2O6S/c1-11(2)20-19(25)21-18(24)13(4)27-17(23)10-28-9-15-8-14(12(3)22)6-7-16(15)26-5/h6-8,11,13H,9-10H2,1-5H3,(H2,20,21,24,25)/t13-/m0/s1. The molecular formula is C19H26N2O6S. The van der Waals surface area contributed by atoms with Gasteiger partial charge in [-0.25, -0.2) is 4.79 Å². The molecule has 0 unspecified atom stereocenters. The first-order valence-corrected chi connectivity index (χ1v) is 9.86. The van der Waals surface area contributed by atoms with Crippen LogP contribution in [0.1, 0.15) is 43.6 Å². The molecule has 0 radical (unpaired) electrons. The van der Waals surface area contributed by atoms with Gasteiger partial charge in [0.05, 0.1) is 12.9 Å². The van der Waals surface area contributed by atoms with Crippen molar-refractivity contribution in [3.05, 3.63) is 29.3 Å². The largest absolute Gasteiger partial charge is 0.496 e. The van der Waals surface area contributed by atoms with Crippen molar-refractivity contribution in [3.63, 3.8) is 0 Å². The van der Waals surface area contributed by atoms with Gasteiger partial charge in [-0.2, -0.15) is 0 Å². The summed E-state index contributed by atoms with van der Waals surface area (Å²) in [4.78, 5) is 46.8. The Morgan fingerprint density at radius 1 is 1.14 bits per heavy atom. The van der Waals surface area contributed by atoms with Crippen LogP contribution >= 0.6 is 11.8 Å². The number of ketones is 1. The molecule has 1 atom stereocenters. The summed E-state index contributed by atoms with van der Waals surface area (Å²) in [6.07, 6.45) is -1.10. The molecule has 0 fully saturated rings. The Morgan fingerprint density at radius 2 is 1.82 bits per heavy atom. The maximum absolute atomic E-state index is 11.9. The number of methoxy groups -OCH3 is 1. The van der Waals surface area contributed by atoms with E-state index in [2.05, 4.69) is 10.6 Å². The normalized spacial score (nSPS) is 11.5. The average Bonchev–Trinajstić information content (AvgIpc) is 2.60. The van der Waals surface area contributed by atoms with Crippen LogP contribution in [0.4, 0.5) is 4.79 Å². The second kappa shape index (κ2) is 11.3. The predicted molar refractivity (Wildman–Crippen MR) is 107 cm³/mol. The maximum atomic E-state index is 11.9. The minimum Gasteiger partial charge on any atom is -0.496 e. The fraction of sp³-hybridized carbons (Fsp3) is 0.474. The third-order valence-electron chi connectivity index (χ3n) is 3.50. The zero-order valence-electron chi connectivity index (χ0n) is 16.7. The van der Waals surface area contributed by atoms with Crippen LogP contribution < -0.4 is 15.4 Å². The Balaban J connectivity index is 2.50. The van der Waals surface area contributed by atoms with Crippen LogP contribution in [0, 0.1) is 0 Å². The van der Waals surface area contributed by atoms with Gasteiger partial charge in [0.2, 0.25) is 0 Å². The summed E-state index contributed by atoms with van der Waals surface area (Å²) in [5.41, 5.74) is 1.34. The number of amides is 3. The van der Waals surface area contributed by atoms with Crippen molar-refractivity contribution in [1.82, 2.24) is 10.6 Å². The topological polar surface area (TPSA) is 111 Å². The van der Waals surface area contributed by atoms with Crippen molar-refractivity contribution in [2.75, 3.05) is 12.9 Å². The van der Waals surface area contributed by atoms with Crippen LogP contribution in [0.15, 0.2) is 18.2 Å². The molecule has 0 saturated carbocycles. The number of urea groups is 1. The molecule has 0 spiro atoms. The van der Waals surface area contributed by atoms with Crippen LogP contribution in [0.3, 0.4) is 0 Å². The van der Waals surface area contributed by atoms with Gasteiger partial charge in [-0.1, -0.05) is 0 Å². The smallest absolute Gasteiger partial charge is 0.321 e. The summed E-state index contributed by atoms with van der Waals surface area (Å²) in [5, 5.41) is 4.61. The van der Waals surface area contributed by atoms with E-state index in [9.17, 15) is 19.2 Å². The highest BCUT2D eigenvalue weighted by molar-refractivity contribution is 7.99. The fourth-order valence-corrected chi connectivity index (χ4v) is 2.93. The van der Waals surface area contributed by atoms with Crippen LogP contribution in [0.2, 0.25) is 0 Å². The van der Waals surface area contributed by atoms with E-state index in [1.807, 2.05) is 0 Å². The fourth-order valence-electron chi connectivity index (χ4n) is 2.15. The van der Waals surface area contributed by atoms with Gasteiger partial charge in [0.25, 0.3) is 5.91 Å². The van der Waals surface area contributed by atoms with E-state index in [0.29, 0.717) is 17.1 Å². The lowest BCUT2D eigenvalue weighted by atomic mass is 10.1. The second-order valence-corrected chi connectivity index (χ2v) is 7.31. The Kier molecular flexibility index (Phi) is 9.50. The first-order valence-electron chi connectivity index (χ1n) is 8.70. The van der Waals surface area contributed by atoms with Crippen molar-refractivity contribution in [2.45, 2.75) is 45.6 Å². The molecule has 0 aliphatic carbocycles. The minimum absolute atomic E-state index is 0.00324. The molecule has 0 aliphatic heterocycles. The Morgan fingerprint density at radius 3 is 2.39 bits per heavy atom. The number of Topliss-reactive ketones (excluding diaryl/α,β-unsaturated/α-hetero) is 1. The number of hydrogen-bond acceptors (Lipinski definition) is 7. The summed E-state index contributed by atoms with van der Waals surface area (Å²) in [6.45, 7) is 6.38. The number of thioether (sulfide) groups is 1. The molecule has 3 amide bonds. The van der Waals surface area contributed by atoms with E-state index in [4.69, 9.17) is 9.47 Å². The number of carbonyl (C=O) groups excluding carboxylic acids is 4. The number of nitrogens with one attached hydrogen (secondary N) is 2. The van der Waals surface area contributed by atoms with Gasteiger partial charge in [-0.15, -0.1) is 11.8 Å². The Hall–Kier alpha value is -2.55. The number of benzene rings is 1. The van der Waals surface area contributed by atoms with E-state index < -0.39 is 24.0 Å². The lowest BCUT2D eigenvalue weighted by Gasteiger charge is -2.14. The number of ether oxygens (including phenoxy) is 2. The molecule has 0 heterocycles. The van der Waals surface area contributed by atoms with Crippen LogP contribution in [-0.4, -0.2) is 48.7 Å². The number of rotatable bonds is 9. The third kappa shape index (κ3) is 7.99. The summed E-state index contributed by atoms with van der Waals surface area (Å²) in [7, 11) is 1.53. The van der Waals surface area contributed by atoms with E-state index >= 15 is 0 Å². The summed E-state index contributed by atoms with van der Waals surface area (Å²) < 4.78 is 10.3. The van der Waals surface area contributed by atoms with Crippen molar-refractivity contribution in [2.24, 2.45) is 0 Å². The van der Waals surface area contributed by atoms with Gasteiger partial charge in [0, 0.05) is 22.9 Å². The third-order valence-corrected chi connectivity index (χ3v) is 4.45. The first-order chi connectivity index (χ1) is 13.1. The first kappa shape index (κ1) is 23.5. The highest BCUT2D eigenvalue weighted by Gasteiger charge is 2.20. The predicted octanol–water partition coefficient (Wildman–Crippen LogP) is 2.30. The van der Waals surface area contributed by atoms with Gasteiger partial charge in [-0.3, -0.25) is 19.7 Å².